The van der Waals surface area contributed by atoms with Crippen LogP contribution in [0, 0.1) is 6.92 Å². The zero-order chi connectivity index (χ0) is 15.4. The van der Waals surface area contributed by atoms with E-state index in [0.29, 0.717) is 34.7 Å². The fraction of sp³-hybridized carbons (Fsp3) is 0.462. The Morgan fingerprint density at radius 1 is 1.33 bits per heavy atom. The monoisotopic (exact) mass is 329 g/mol. The van der Waals surface area contributed by atoms with E-state index in [2.05, 4.69) is 20.8 Å². The normalized spacial score (nSPS) is 12.6. The van der Waals surface area contributed by atoms with E-state index in [1.165, 1.54) is 0 Å². The number of hydrogen-bond donors (Lipinski definition) is 1. The summed E-state index contributed by atoms with van der Waals surface area (Å²) >= 11 is 12.4. The number of nitrogens with one attached hydrogen (secondary N) is 1. The summed E-state index contributed by atoms with van der Waals surface area (Å²) in [6, 6.07) is 3.51. The van der Waals surface area contributed by atoms with Gasteiger partial charge < -0.3 is 10.1 Å². The van der Waals surface area contributed by atoms with Crippen LogP contribution in [0.25, 0.3) is 5.69 Å². The molecule has 1 heterocycles. The number of methoxy groups -OCH3 is 1. The predicted octanol–water partition coefficient (Wildman–Crippen LogP) is 2.57. The Labute approximate surface area is 133 Å². The largest absolute Gasteiger partial charge is 0.383 e. The van der Waals surface area contributed by atoms with Gasteiger partial charge in [-0.2, -0.15) is 4.68 Å². The van der Waals surface area contributed by atoms with Gasteiger partial charge in [-0.1, -0.05) is 23.2 Å². The van der Waals surface area contributed by atoms with E-state index in [1.54, 1.807) is 23.9 Å². The van der Waals surface area contributed by atoms with Crippen molar-refractivity contribution in [2.24, 2.45) is 0 Å². The molecule has 0 aliphatic carbocycles. The molecule has 0 bridgehead atoms. The summed E-state index contributed by atoms with van der Waals surface area (Å²) in [5, 5.41) is 16.2. The van der Waals surface area contributed by atoms with Gasteiger partial charge in [0.15, 0.2) is 5.82 Å². The molecule has 21 heavy (non-hydrogen) atoms. The predicted molar refractivity (Wildman–Crippen MR) is 82.2 cm³/mol. The average molecular weight is 330 g/mol. The maximum Gasteiger partial charge on any atom is 0.173 e. The first-order valence-electron chi connectivity index (χ1n) is 6.51. The van der Waals surface area contributed by atoms with Gasteiger partial charge in [0.05, 0.1) is 23.4 Å². The highest BCUT2D eigenvalue weighted by Crippen LogP contribution is 2.28. The molecule has 0 saturated heterocycles. The zero-order valence-electron chi connectivity index (χ0n) is 12.1. The molecule has 0 fully saturated rings. The van der Waals surface area contributed by atoms with E-state index in [9.17, 15) is 0 Å². The van der Waals surface area contributed by atoms with Crippen LogP contribution in [0.1, 0.15) is 24.4 Å². The maximum atomic E-state index is 6.28. The lowest BCUT2D eigenvalue weighted by Gasteiger charge is -2.14. The number of rotatable bonds is 6. The van der Waals surface area contributed by atoms with Crippen LogP contribution < -0.4 is 5.32 Å². The van der Waals surface area contributed by atoms with Crippen LogP contribution in [0.15, 0.2) is 12.1 Å². The van der Waals surface area contributed by atoms with Gasteiger partial charge in [-0.3, -0.25) is 0 Å². The molecular formula is C13H17Cl2N5O. The standard InChI is InChI=1S/C13H17Cl2N5O/c1-8-6-11(15)12(7-10(8)14)20-13(17-18-19-20)9(2)16-4-5-21-3/h6-7,9,16H,4-5H2,1-3H3. The Morgan fingerprint density at radius 2 is 2.10 bits per heavy atom. The number of halogens is 2. The summed E-state index contributed by atoms with van der Waals surface area (Å²) in [6.45, 7) is 5.19. The summed E-state index contributed by atoms with van der Waals surface area (Å²) in [4.78, 5) is 0. The van der Waals surface area contributed by atoms with Gasteiger partial charge in [0.2, 0.25) is 0 Å². The number of hydrogen-bond acceptors (Lipinski definition) is 5. The minimum Gasteiger partial charge on any atom is -0.383 e. The van der Waals surface area contributed by atoms with Gasteiger partial charge in [-0.25, -0.2) is 0 Å². The van der Waals surface area contributed by atoms with Gasteiger partial charge >= 0.3 is 0 Å². The molecule has 1 unspecified atom stereocenters. The van der Waals surface area contributed by atoms with Gasteiger partial charge in [0, 0.05) is 18.7 Å². The summed E-state index contributed by atoms with van der Waals surface area (Å²) in [6.07, 6.45) is 0. The van der Waals surface area contributed by atoms with Gasteiger partial charge in [0.25, 0.3) is 0 Å². The van der Waals surface area contributed by atoms with Crippen molar-refractivity contribution in [2.75, 3.05) is 20.3 Å². The third kappa shape index (κ3) is 3.71. The van der Waals surface area contributed by atoms with E-state index >= 15 is 0 Å². The Bertz CT molecular complexity index is 617. The van der Waals surface area contributed by atoms with Crippen molar-refractivity contribution in [3.63, 3.8) is 0 Å². The molecule has 114 valence electrons. The lowest BCUT2D eigenvalue weighted by Crippen LogP contribution is -2.25. The molecule has 1 aromatic heterocycles. The van der Waals surface area contributed by atoms with Crippen LogP contribution in [0.5, 0.6) is 0 Å². The molecule has 0 radical (unpaired) electrons. The third-order valence-corrected chi connectivity index (χ3v) is 3.80. The highest BCUT2D eigenvalue weighted by Gasteiger charge is 2.18. The van der Waals surface area contributed by atoms with Crippen molar-refractivity contribution in [1.82, 2.24) is 25.5 Å². The highest BCUT2D eigenvalue weighted by molar-refractivity contribution is 6.35. The van der Waals surface area contributed by atoms with Gasteiger partial charge in [-0.05, 0) is 42.0 Å². The van der Waals surface area contributed by atoms with E-state index in [0.717, 1.165) is 5.56 Å². The van der Waals surface area contributed by atoms with E-state index in [1.807, 2.05) is 13.8 Å². The summed E-state index contributed by atoms with van der Waals surface area (Å²) in [7, 11) is 1.66. The van der Waals surface area contributed by atoms with Crippen molar-refractivity contribution in [3.8, 4) is 5.69 Å². The molecule has 1 atom stereocenters. The van der Waals surface area contributed by atoms with Crippen molar-refractivity contribution in [2.45, 2.75) is 19.9 Å². The van der Waals surface area contributed by atoms with E-state index in [-0.39, 0.29) is 6.04 Å². The molecule has 2 rings (SSSR count). The molecule has 0 saturated carbocycles. The lowest BCUT2D eigenvalue weighted by atomic mass is 10.2. The molecular weight excluding hydrogens is 313 g/mol. The molecule has 0 spiro atoms. The fourth-order valence-electron chi connectivity index (χ4n) is 1.90. The summed E-state index contributed by atoms with van der Waals surface area (Å²) < 4.78 is 6.61. The number of tetrazole rings is 1. The molecule has 0 aliphatic rings. The Hall–Kier alpha value is -1.21. The number of nitrogens with zero attached hydrogens (tertiary/aromatic N) is 4. The topological polar surface area (TPSA) is 64.9 Å². The second-order valence-corrected chi connectivity index (χ2v) is 5.48. The SMILES string of the molecule is COCCNC(C)c1nnnn1-c1cc(Cl)c(C)cc1Cl. The van der Waals surface area contributed by atoms with Crippen LogP contribution in [-0.4, -0.2) is 40.5 Å². The summed E-state index contributed by atoms with van der Waals surface area (Å²) in [5.74, 6) is 0.660. The van der Waals surface area contributed by atoms with Crippen molar-refractivity contribution in [1.29, 1.82) is 0 Å². The first kappa shape index (κ1) is 16.2. The van der Waals surface area contributed by atoms with Crippen molar-refractivity contribution in [3.05, 3.63) is 33.6 Å². The highest BCUT2D eigenvalue weighted by atomic mass is 35.5. The minimum atomic E-state index is -0.0497. The zero-order valence-corrected chi connectivity index (χ0v) is 13.6. The number of aromatic nitrogens is 4. The third-order valence-electron chi connectivity index (χ3n) is 3.09. The Balaban J connectivity index is 2.30. The van der Waals surface area contributed by atoms with E-state index < -0.39 is 0 Å². The molecule has 2 aromatic rings. The molecule has 0 amide bonds. The second-order valence-electron chi connectivity index (χ2n) is 4.67. The summed E-state index contributed by atoms with van der Waals surface area (Å²) in [5.41, 5.74) is 1.57. The van der Waals surface area contributed by atoms with Gasteiger partial charge in [-0.15, -0.1) is 5.10 Å². The Kier molecular flexibility index (Phi) is 5.52. The second kappa shape index (κ2) is 7.17. The Morgan fingerprint density at radius 3 is 2.81 bits per heavy atom. The number of benzene rings is 1. The van der Waals surface area contributed by atoms with E-state index in [4.69, 9.17) is 27.9 Å². The average Bonchev–Trinajstić information content (AvgIpc) is 2.92. The van der Waals surface area contributed by atoms with Crippen molar-refractivity contribution >= 4 is 23.2 Å². The quantitative estimate of drug-likeness (QED) is 0.825. The van der Waals surface area contributed by atoms with Crippen LogP contribution >= 0.6 is 23.2 Å². The van der Waals surface area contributed by atoms with Crippen LogP contribution in [-0.2, 0) is 4.74 Å². The fourth-order valence-corrected chi connectivity index (χ4v) is 2.36. The number of ether oxygens (including phenoxy) is 1. The molecule has 1 aromatic carbocycles. The smallest absolute Gasteiger partial charge is 0.173 e. The molecule has 6 nitrogen and oxygen atoms in total. The molecule has 8 heteroatoms. The van der Waals surface area contributed by atoms with Crippen LogP contribution in [0.2, 0.25) is 10.0 Å². The van der Waals surface area contributed by atoms with Gasteiger partial charge in [0.1, 0.15) is 0 Å². The first-order chi connectivity index (χ1) is 10.0. The number of aryl methyl sites for hydroxylation is 1. The lowest BCUT2D eigenvalue weighted by molar-refractivity contribution is 0.196. The van der Waals surface area contributed by atoms with Crippen LogP contribution in [0.4, 0.5) is 0 Å². The van der Waals surface area contributed by atoms with Crippen LogP contribution in [0.3, 0.4) is 0 Å². The maximum absolute atomic E-state index is 6.28. The minimum absolute atomic E-state index is 0.0497. The molecule has 1 N–H and O–H groups in total. The van der Waals surface area contributed by atoms with Crippen molar-refractivity contribution < 1.29 is 4.74 Å². The first-order valence-corrected chi connectivity index (χ1v) is 7.26. The molecule has 0 aliphatic heterocycles.